The molecule has 2 heterocycles. The number of aromatic amines is 1. The molecule has 8 heteroatoms. The predicted octanol–water partition coefficient (Wildman–Crippen LogP) is 1.50. The van der Waals surface area contributed by atoms with Crippen molar-refractivity contribution in [2.75, 3.05) is 13.7 Å². The number of aromatic nitrogens is 3. The number of hydrogen-bond acceptors (Lipinski definition) is 6. The molecule has 0 aliphatic carbocycles. The van der Waals surface area contributed by atoms with Gasteiger partial charge in [0.05, 0.1) is 24.6 Å². The van der Waals surface area contributed by atoms with Crippen LogP contribution < -0.4 is 0 Å². The first-order valence-corrected chi connectivity index (χ1v) is 7.24. The molecule has 0 unspecified atom stereocenters. The minimum Gasteiger partial charge on any atom is -0.465 e. The number of ketones is 1. The number of esters is 2. The topological polar surface area (TPSA) is 103 Å². The summed E-state index contributed by atoms with van der Waals surface area (Å²) in [4.78, 5) is 38.9. The van der Waals surface area contributed by atoms with Crippen LogP contribution in [-0.2, 0) is 16.5 Å². The number of nitrogens with zero attached hydrogens (tertiary/aromatic N) is 2. The van der Waals surface area contributed by atoms with Crippen molar-refractivity contribution in [1.29, 1.82) is 0 Å². The second kappa shape index (κ2) is 6.69. The Balaban J connectivity index is 2.12. The summed E-state index contributed by atoms with van der Waals surface area (Å²) >= 11 is 0. The summed E-state index contributed by atoms with van der Waals surface area (Å²) in [6, 6.07) is 0. The van der Waals surface area contributed by atoms with Gasteiger partial charge >= 0.3 is 11.9 Å². The van der Waals surface area contributed by atoms with E-state index in [2.05, 4.69) is 10.1 Å². The van der Waals surface area contributed by atoms with E-state index >= 15 is 0 Å². The summed E-state index contributed by atoms with van der Waals surface area (Å²) in [5.74, 6) is -1.58. The van der Waals surface area contributed by atoms with Crippen LogP contribution in [-0.4, -0.2) is 46.2 Å². The first-order chi connectivity index (χ1) is 11.3. The number of nitrogens with one attached hydrogen (secondary N) is 1. The lowest BCUT2D eigenvalue weighted by Gasteiger charge is -2.04. The van der Waals surface area contributed by atoms with Gasteiger partial charge in [-0.15, -0.1) is 0 Å². The second-order valence-electron chi connectivity index (χ2n) is 5.38. The Morgan fingerprint density at radius 1 is 1.21 bits per heavy atom. The van der Waals surface area contributed by atoms with Crippen LogP contribution in [0.2, 0.25) is 0 Å². The van der Waals surface area contributed by atoms with Gasteiger partial charge in [-0.2, -0.15) is 5.10 Å². The molecule has 2 aromatic heterocycles. The number of aryl methyl sites for hydroxylation is 2. The molecule has 0 saturated heterocycles. The fraction of sp³-hybridized carbons (Fsp3) is 0.375. The van der Waals surface area contributed by atoms with Crippen LogP contribution in [0.25, 0.3) is 0 Å². The molecule has 8 nitrogen and oxygen atoms in total. The molecule has 2 rings (SSSR count). The molecule has 0 aromatic carbocycles. The lowest BCUT2D eigenvalue weighted by atomic mass is 10.1. The highest BCUT2D eigenvalue weighted by atomic mass is 16.5. The standard InChI is InChI=1S/C16H19N3O5/c1-8-13(16(22)23-5)9(2)18-14(8)12(20)7-24-15(21)11-6-17-19(4)10(11)3/h6,18H,7H2,1-5H3. The molecule has 1 N–H and O–H groups in total. The van der Waals surface area contributed by atoms with Gasteiger partial charge in [-0.25, -0.2) is 9.59 Å². The van der Waals surface area contributed by atoms with Crippen LogP contribution in [0.4, 0.5) is 0 Å². The van der Waals surface area contributed by atoms with Gasteiger partial charge in [0.15, 0.2) is 6.61 Å². The van der Waals surface area contributed by atoms with E-state index < -0.39 is 24.3 Å². The highest BCUT2D eigenvalue weighted by Gasteiger charge is 2.23. The van der Waals surface area contributed by atoms with Crippen molar-refractivity contribution in [2.24, 2.45) is 7.05 Å². The molecule has 2 aromatic rings. The van der Waals surface area contributed by atoms with Gasteiger partial charge < -0.3 is 14.5 Å². The molecular formula is C16H19N3O5. The van der Waals surface area contributed by atoms with Gasteiger partial charge in [-0.1, -0.05) is 0 Å². The molecule has 128 valence electrons. The van der Waals surface area contributed by atoms with Gasteiger partial charge in [-0.05, 0) is 26.3 Å². The van der Waals surface area contributed by atoms with Crippen molar-refractivity contribution >= 4 is 17.7 Å². The number of H-pyrrole nitrogens is 1. The molecule has 24 heavy (non-hydrogen) atoms. The van der Waals surface area contributed by atoms with Crippen molar-refractivity contribution in [3.8, 4) is 0 Å². The Morgan fingerprint density at radius 2 is 1.88 bits per heavy atom. The van der Waals surface area contributed by atoms with Crippen molar-refractivity contribution in [2.45, 2.75) is 20.8 Å². The smallest absolute Gasteiger partial charge is 0.342 e. The summed E-state index contributed by atoms with van der Waals surface area (Å²) < 4.78 is 11.3. The van der Waals surface area contributed by atoms with Crippen LogP contribution in [0.5, 0.6) is 0 Å². The van der Waals surface area contributed by atoms with E-state index in [0.29, 0.717) is 28.1 Å². The quantitative estimate of drug-likeness (QED) is 0.657. The average Bonchev–Trinajstić information content (AvgIpc) is 3.04. The predicted molar refractivity (Wildman–Crippen MR) is 84.2 cm³/mol. The number of carbonyl (C=O) groups excluding carboxylic acids is 3. The summed E-state index contributed by atoms with van der Waals surface area (Å²) in [6.45, 7) is 4.60. The van der Waals surface area contributed by atoms with Crippen LogP contribution in [0, 0.1) is 20.8 Å². The van der Waals surface area contributed by atoms with E-state index in [9.17, 15) is 14.4 Å². The normalized spacial score (nSPS) is 10.5. The number of Topliss-reactive ketones (excluding diaryl/α,β-unsaturated/α-hetero) is 1. The van der Waals surface area contributed by atoms with E-state index in [0.717, 1.165) is 0 Å². The summed E-state index contributed by atoms with van der Waals surface area (Å²) in [5.41, 5.74) is 2.49. The van der Waals surface area contributed by atoms with Crippen LogP contribution >= 0.6 is 0 Å². The number of ether oxygens (including phenoxy) is 2. The lowest BCUT2D eigenvalue weighted by Crippen LogP contribution is -2.16. The van der Waals surface area contributed by atoms with Gasteiger partial charge in [-0.3, -0.25) is 9.48 Å². The summed E-state index contributed by atoms with van der Waals surface area (Å²) in [6.07, 6.45) is 1.39. The Hall–Kier alpha value is -2.90. The van der Waals surface area contributed by atoms with E-state index in [1.165, 1.54) is 13.3 Å². The Morgan fingerprint density at radius 3 is 2.42 bits per heavy atom. The number of methoxy groups -OCH3 is 1. The molecule has 0 atom stereocenters. The zero-order valence-electron chi connectivity index (χ0n) is 14.2. The first-order valence-electron chi connectivity index (χ1n) is 7.24. The van der Waals surface area contributed by atoms with Gasteiger partial charge in [0.2, 0.25) is 5.78 Å². The molecule has 0 radical (unpaired) electrons. The maximum Gasteiger partial charge on any atom is 0.342 e. The highest BCUT2D eigenvalue weighted by molar-refractivity contribution is 6.03. The van der Waals surface area contributed by atoms with E-state index in [-0.39, 0.29) is 5.69 Å². The third kappa shape index (κ3) is 3.08. The third-order valence-electron chi connectivity index (χ3n) is 3.90. The molecule has 0 saturated carbocycles. The molecule has 0 aliphatic heterocycles. The number of hydrogen-bond donors (Lipinski definition) is 1. The molecule has 0 spiro atoms. The Kier molecular flexibility index (Phi) is 4.87. The largest absolute Gasteiger partial charge is 0.465 e. The van der Waals surface area contributed by atoms with Crippen molar-refractivity contribution in [1.82, 2.24) is 14.8 Å². The third-order valence-corrected chi connectivity index (χ3v) is 3.90. The summed E-state index contributed by atoms with van der Waals surface area (Å²) in [7, 11) is 2.98. The maximum absolute atomic E-state index is 12.3. The fourth-order valence-corrected chi connectivity index (χ4v) is 2.42. The maximum atomic E-state index is 12.3. The van der Waals surface area contributed by atoms with Crippen LogP contribution in [0.1, 0.15) is 48.2 Å². The molecular weight excluding hydrogens is 314 g/mol. The molecule has 0 aliphatic rings. The second-order valence-corrected chi connectivity index (χ2v) is 5.38. The minimum absolute atomic E-state index is 0.226. The van der Waals surface area contributed by atoms with Gasteiger partial charge in [0.1, 0.15) is 5.56 Å². The molecule has 0 amide bonds. The van der Waals surface area contributed by atoms with E-state index in [4.69, 9.17) is 9.47 Å². The van der Waals surface area contributed by atoms with Crippen molar-refractivity contribution in [3.05, 3.63) is 40.0 Å². The van der Waals surface area contributed by atoms with Crippen molar-refractivity contribution < 1.29 is 23.9 Å². The lowest BCUT2D eigenvalue weighted by molar-refractivity contribution is 0.0472. The van der Waals surface area contributed by atoms with Crippen LogP contribution in [0.15, 0.2) is 6.20 Å². The van der Waals surface area contributed by atoms with Gasteiger partial charge in [0, 0.05) is 18.4 Å². The number of rotatable bonds is 5. The van der Waals surface area contributed by atoms with Crippen molar-refractivity contribution in [3.63, 3.8) is 0 Å². The highest BCUT2D eigenvalue weighted by Crippen LogP contribution is 2.19. The zero-order chi connectivity index (χ0) is 18.0. The minimum atomic E-state index is -0.622. The Labute approximate surface area is 138 Å². The fourth-order valence-electron chi connectivity index (χ4n) is 2.42. The SMILES string of the molecule is COC(=O)c1c(C)[nH]c(C(=O)COC(=O)c2cnn(C)c2C)c1C. The Bertz CT molecular complexity index is 816. The zero-order valence-corrected chi connectivity index (χ0v) is 14.2. The monoisotopic (exact) mass is 333 g/mol. The van der Waals surface area contributed by atoms with Gasteiger partial charge in [0.25, 0.3) is 0 Å². The average molecular weight is 333 g/mol. The number of carbonyl (C=O) groups is 3. The molecule has 0 fully saturated rings. The van der Waals surface area contributed by atoms with Crippen LogP contribution in [0.3, 0.4) is 0 Å². The summed E-state index contributed by atoms with van der Waals surface area (Å²) in [5, 5.41) is 3.95. The van der Waals surface area contributed by atoms with E-state index in [1.54, 1.807) is 32.5 Å². The molecule has 0 bridgehead atoms. The van der Waals surface area contributed by atoms with E-state index in [1.807, 2.05) is 0 Å². The first kappa shape index (κ1) is 17.5.